The van der Waals surface area contributed by atoms with E-state index < -0.39 is 23.5 Å². The van der Waals surface area contributed by atoms with Crippen LogP contribution in [0.25, 0.3) is 0 Å². The van der Waals surface area contributed by atoms with Crippen molar-refractivity contribution in [1.29, 1.82) is 0 Å². The number of alkyl halides is 3. The Labute approximate surface area is 177 Å². The average molecular weight is 466 g/mol. The molecule has 0 aliphatic rings. The van der Waals surface area contributed by atoms with Gasteiger partial charge in [0.25, 0.3) is 0 Å². The van der Waals surface area contributed by atoms with Crippen LogP contribution in [0.3, 0.4) is 0 Å². The predicted octanol–water partition coefficient (Wildman–Crippen LogP) is 4.80. The first-order valence-corrected chi connectivity index (χ1v) is 10.5. The number of aromatic nitrogens is 1. The number of carbonyl (C=O) groups excluding carboxylic acids is 1. The number of hydrogen-bond donors (Lipinski definition) is 2. The van der Waals surface area contributed by atoms with Gasteiger partial charge in [-0.15, -0.1) is 11.8 Å². The molecule has 164 valence electrons. The Balaban J connectivity index is 1.66. The van der Waals surface area contributed by atoms with Crippen LogP contribution in [0.5, 0.6) is 0 Å². The lowest BCUT2D eigenvalue weighted by Gasteiger charge is -2.13. The number of thiazole rings is 1. The van der Waals surface area contributed by atoms with E-state index in [1.54, 1.807) is 0 Å². The largest absolute Gasteiger partial charge is 0.481 e. The monoisotopic (exact) mass is 466 g/mol. The number of aliphatic carboxylic acids is 1. The van der Waals surface area contributed by atoms with Crippen molar-refractivity contribution in [2.45, 2.75) is 36.3 Å². The molecule has 0 saturated carbocycles. The topological polar surface area (TPSA) is 88.5 Å². The number of ether oxygens (including phenoxy) is 1. The molecule has 2 aromatic rings. The summed E-state index contributed by atoms with van der Waals surface area (Å²) in [4.78, 5) is 26.4. The molecule has 0 saturated heterocycles. The van der Waals surface area contributed by atoms with E-state index >= 15 is 0 Å². The van der Waals surface area contributed by atoms with Gasteiger partial charge in [-0.05, 0) is 30.5 Å². The van der Waals surface area contributed by atoms with E-state index in [1.807, 2.05) is 0 Å². The lowest BCUT2D eigenvalue weighted by molar-refractivity contribution is -0.139. The summed E-state index contributed by atoms with van der Waals surface area (Å²) in [6.45, 7) is -0.160. The number of carboxylic acid groups (broad SMARTS) is 1. The number of carbonyl (C=O) groups is 2. The van der Waals surface area contributed by atoms with Gasteiger partial charge in [-0.2, -0.15) is 13.2 Å². The summed E-state index contributed by atoms with van der Waals surface area (Å²) in [7, 11) is 0. The number of hydrogen-bond acceptors (Lipinski definition) is 6. The zero-order valence-electron chi connectivity index (χ0n) is 15.5. The SMILES string of the molecule is O=C(O)CSc1cnc(NC(=O)CCCCOCc2ccc(F)cc2C(F)(F)F)s1. The Bertz CT molecular complexity index is 874. The molecule has 1 aromatic heterocycles. The summed E-state index contributed by atoms with van der Waals surface area (Å²) in [6, 6.07) is 2.43. The van der Waals surface area contributed by atoms with Crippen molar-refractivity contribution < 1.29 is 37.0 Å². The quantitative estimate of drug-likeness (QED) is 0.281. The summed E-state index contributed by atoms with van der Waals surface area (Å²) < 4.78 is 57.7. The number of nitrogens with zero attached hydrogens (tertiary/aromatic N) is 1. The van der Waals surface area contributed by atoms with Gasteiger partial charge >= 0.3 is 12.1 Å². The highest BCUT2D eigenvalue weighted by atomic mass is 32.2. The number of benzene rings is 1. The molecule has 30 heavy (non-hydrogen) atoms. The normalized spacial score (nSPS) is 11.5. The van der Waals surface area contributed by atoms with Crippen molar-refractivity contribution >= 4 is 40.1 Å². The van der Waals surface area contributed by atoms with Crippen LogP contribution in [-0.4, -0.2) is 34.3 Å². The van der Waals surface area contributed by atoms with Crippen LogP contribution < -0.4 is 5.32 Å². The van der Waals surface area contributed by atoms with E-state index in [2.05, 4.69) is 10.3 Å². The van der Waals surface area contributed by atoms with Crippen molar-refractivity contribution in [3.63, 3.8) is 0 Å². The fraction of sp³-hybridized carbons (Fsp3) is 0.389. The van der Waals surface area contributed by atoms with Crippen molar-refractivity contribution in [1.82, 2.24) is 4.98 Å². The maximum absolute atomic E-state index is 13.1. The molecule has 0 spiro atoms. The van der Waals surface area contributed by atoms with Crippen LogP contribution in [0.15, 0.2) is 28.6 Å². The minimum atomic E-state index is -4.67. The first kappa shape index (κ1) is 24.1. The van der Waals surface area contributed by atoms with Crippen molar-refractivity contribution in [2.24, 2.45) is 0 Å². The highest BCUT2D eigenvalue weighted by molar-refractivity contribution is 8.01. The third kappa shape index (κ3) is 8.28. The lowest BCUT2D eigenvalue weighted by Crippen LogP contribution is -2.12. The van der Waals surface area contributed by atoms with Crippen LogP contribution in [0, 0.1) is 5.82 Å². The summed E-state index contributed by atoms with van der Waals surface area (Å²) in [5.74, 6) is -2.30. The minimum absolute atomic E-state index is 0.0992. The fourth-order valence-electron chi connectivity index (χ4n) is 2.31. The first-order valence-electron chi connectivity index (χ1n) is 8.69. The average Bonchev–Trinajstić information content (AvgIpc) is 3.10. The van der Waals surface area contributed by atoms with E-state index in [9.17, 15) is 27.2 Å². The van der Waals surface area contributed by atoms with Gasteiger partial charge < -0.3 is 15.2 Å². The Morgan fingerprint density at radius 2 is 2.03 bits per heavy atom. The number of thioether (sulfide) groups is 1. The van der Waals surface area contributed by atoms with Gasteiger partial charge in [0.1, 0.15) is 5.82 Å². The summed E-state index contributed by atoms with van der Waals surface area (Å²) in [5, 5.41) is 11.6. The maximum atomic E-state index is 13.1. The molecule has 2 rings (SSSR count). The van der Waals surface area contributed by atoms with Gasteiger partial charge in [0, 0.05) is 13.0 Å². The van der Waals surface area contributed by atoms with Crippen LogP contribution in [0.1, 0.15) is 30.4 Å². The van der Waals surface area contributed by atoms with E-state index in [0.29, 0.717) is 28.2 Å². The molecule has 1 aromatic carbocycles. The summed E-state index contributed by atoms with van der Waals surface area (Å²) in [5.41, 5.74) is -1.21. The molecule has 12 heteroatoms. The number of nitrogens with one attached hydrogen (secondary N) is 1. The third-order valence-electron chi connectivity index (χ3n) is 3.65. The van der Waals surface area contributed by atoms with Crippen LogP contribution >= 0.6 is 23.1 Å². The molecule has 0 unspecified atom stereocenters. The number of amides is 1. The Hall–Kier alpha value is -2.18. The van der Waals surface area contributed by atoms with Crippen molar-refractivity contribution in [3.8, 4) is 0 Å². The zero-order chi connectivity index (χ0) is 22.1. The van der Waals surface area contributed by atoms with Gasteiger partial charge in [-0.1, -0.05) is 17.4 Å². The van der Waals surface area contributed by atoms with Gasteiger partial charge in [0.15, 0.2) is 5.13 Å². The highest BCUT2D eigenvalue weighted by Crippen LogP contribution is 2.33. The van der Waals surface area contributed by atoms with Crippen LogP contribution in [-0.2, 0) is 27.1 Å². The number of rotatable bonds is 11. The lowest BCUT2D eigenvalue weighted by atomic mass is 10.1. The zero-order valence-corrected chi connectivity index (χ0v) is 17.1. The second-order valence-corrected chi connectivity index (χ2v) is 8.33. The van der Waals surface area contributed by atoms with E-state index in [1.165, 1.54) is 17.5 Å². The van der Waals surface area contributed by atoms with E-state index in [0.717, 1.165) is 23.9 Å². The molecule has 0 atom stereocenters. The molecular formula is C18H18F4N2O4S2. The molecule has 6 nitrogen and oxygen atoms in total. The second kappa shape index (κ2) is 11.3. The third-order valence-corrected chi connectivity index (χ3v) is 5.74. The van der Waals surface area contributed by atoms with E-state index in [-0.39, 0.29) is 36.9 Å². The first-order chi connectivity index (χ1) is 14.1. The number of anilines is 1. The van der Waals surface area contributed by atoms with Crippen LogP contribution in [0.2, 0.25) is 0 Å². The van der Waals surface area contributed by atoms with Gasteiger partial charge in [-0.3, -0.25) is 9.59 Å². The molecular weight excluding hydrogens is 448 g/mol. The predicted molar refractivity (Wildman–Crippen MR) is 104 cm³/mol. The standard InChI is InChI=1S/C18H18F4N2O4S2/c19-12-5-4-11(13(7-12)18(20,21)22)9-28-6-2-1-3-14(25)24-17-23-8-16(30-17)29-10-15(26)27/h4-5,7-8H,1-3,6,9-10H2,(H,26,27)(H,23,24,25). The number of unbranched alkanes of at least 4 members (excludes halogenated alkanes) is 1. The maximum Gasteiger partial charge on any atom is 0.416 e. The van der Waals surface area contributed by atoms with Gasteiger partial charge in [0.05, 0.1) is 28.3 Å². The molecule has 1 heterocycles. The Kier molecular flexibility index (Phi) is 9.06. The fourth-order valence-corrected chi connectivity index (χ4v) is 3.92. The molecule has 1 amide bonds. The van der Waals surface area contributed by atoms with E-state index in [4.69, 9.17) is 9.84 Å². The Morgan fingerprint density at radius 1 is 1.27 bits per heavy atom. The summed E-state index contributed by atoms with van der Waals surface area (Å²) in [6.07, 6.45) is -2.11. The molecule has 0 aliphatic carbocycles. The Morgan fingerprint density at radius 3 is 2.73 bits per heavy atom. The number of halogens is 4. The number of carboxylic acids is 1. The molecule has 2 N–H and O–H groups in total. The second-order valence-electron chi connectivity index (χ2n) is 6.02. The van der Waals surface area contributed by atoms with Crippen molar-refractivity contribution in [2.75, 3.05) is 17.7 Å². The van der Waals surface area contributed by atoms with Crippen molar-refractivity contribution in [3.05, 3.63) is 41.3 Å². The molecule has 0 aliphatic heterocycles. The highest BCUT2D eigenvalue weighted by Gasteiger charge is 2.33. The van der Waals surface area contributed by atoms with Crippen LogP contribution in [0.4, 0.5) is 22.7 Å². The summed E-state index contributed by atoms with van der Waals surface area (Å²) >= 11 is 2.27. The molecule has 0 bridgehead atoms. The van der Waals surface area contributed by atoms with Gasteiger partial charge in [0.2, 0.25) is 5.91 Å². The smallest absolute Gasteiger partial charge is 0.416 e. The molecule has 0 fully saturated rings. The van der Waals surface area contributed by atoms with Gasteiger partial charge in [-0.25, -0.2) is 9.37 Å². The molecule has 0 radical (unpaired) electrons. The minimum Gasteiger partial charge on any atom is -0.481 e.